The Morgan fingerprint density at radius 2 is 1.74 bits per heavy atom. The molecule has 1 atom stereocenters. The van der Waals surface area contributed by atoms with Crippen LogP contribution in [0, 0.1) is 5.92 Å². The third-order valence-electron chi connectivity index (χ3n) is 4.88. The van der Waals surface area contributed by atoms with Gasteiger partial charge in [-0.2, -0.15) is 0 Å². The molecule has 1 aromatic heterocycles. The normalized spacial score (nSPS) is 16.3. The average molecular weight is 386 g/mol. The van der Waals surface area contributed by atoms with E-state index in [1.165, 1.54) is 4.88 Å². The predicted molar refractivity (Wildman–Crippen MR) is 109 cm³/mol. The summed E-state index contributed by atoms with van der Waals surface area (Å²) in [5, 5.41) is 5.22. The van der Waals surface area contributed by atoms with Gasteiger partial charge in [-0.3, -0.25) is 14.5 Å². The number of nitrogens with one attached hydrogen (secondary N) is 1. The van der Waals surface area contributed by atoms with Gasteiger partial charge in [0.05, 0.1) is 12.6 Å². The van der Waals surface area contributed by atoms with E-state index in [0.717, 1.165) is 18.7 Å². The van der Waals surface area contributed by atoms with Crippen LogP contribution in [0.2, 0.25) is 0 Å². The summed E-state index contributed by atoms with van der Waals surface area (Å²) < 4.78 is 0. The van der Waals surface area contributed by atoms with Crippen LogP contribution < -0.4 is 5.32 Å². The number of nitrogens with zero attached hydrogens (tertiary/aromatic N) is 2. The summed E-state index contributed by atoms with van der Waals surface area (Å²) in [5.74, 6) is 0.454. The van der Waals surface area contributed by atoms with Crippen molar-refractivity contribution in [2.24, 2.45) is 5.92 Å². The minimum atomic E-state index is 0.0462. The van der Waals surface area contributed by atoms with Gasteiger partial charge in [-0.25, -0.2) is 0 Å². The molecule has 1 aliphatic heterocycles. The van der Waals surface area contributed by atoms with Gasteiger partial charge >= 0.3 is 0 Å². The number of rotatable bonds is 6. The summed E-state index contributed by atoms with van der Waals surface area (Å²) in [6.45, 7) is 7.37. The molecule has 1 fully saturated rings. The molecular formula is C21H27N3O2S. The molecule has 0 aliphatic carbocycles. The van der Waals surface area contributed by atoms with Crippen molar-refractivity contribution < 1.29 is 9.59 Å². The van der Waals surface area contributed by atoms with Crippen molar-refractivity contribution >= 4 is 23.2 Å². The van der Waals surface area contributed by atoms with Crippen molar-refractivity contribution in [2.45, 2.75) is 19.9 Å². The second kappa shape index (κ2) is 9.15. The van der Waals surface area contributed by atoms with Crippen LogP contribution in [-0.2, 0) is 4.79 Å². The first-order chi connectivity index (χ1) is 13.0. The van der Waals surface area contributed by atoms with E-state index in [9.17, 15) is 9.59 Å². The number of hydrogen-bond donors (Lipinski definition) is 1. The summed E-state index contributed by atoms with van der Waals surface area (Å²) in [7, 11) is 0. The fourth-order valence-electron chi connectivity index (χ4n) is 3.33. The number of carbonyl (C=O) groups excluding carboxylic acids is 2. The number of carbonyl (C=O) groups is 2. The van der Waals surface area contributed by atoms with Crippen molar-refractivity contribution in [3.05, 3.63) is 58.3 Å². The number of thiophene rings is 1. The van der Waals surface area contributed by atoms with Crippen molar-refractivity contribution in [3.8, 4) is 0 Å². The summed E-state index contributed by atoms with van der Waals surface area (Å²) in [5.41, 5.74) is 0.722. The summed E-state index contributed by atoms with van der Waals surface area (Å²) in [6, 6.07) is 13.5. The zero-order valence-corrected chi connectivity index (χ0v) is 16.7. The highest BCUT2D eigenvalue weighted by molar-refractivity contribution is 7.10. The van der Waals surface area contributed by atoms with Crippen LogP contribution >= 0.6 is 11.3 Å². The quantitative estimate of drug-likeness (QED) is 0.832. The monoisotopic (exact) mass is 385 g/mol. The lowest BCUT2D eigenvalue weighted by atomic mass is 10.0. The summed E-state index contributed by atoms with van der Waals surface area (Å²) >= 11 is 1.68. The Hall–Kier alpha value is -2.18. The average Bonchev–Trinajstić information content (AvgIpc) is 3.21. The first kappa shape index (κ1) is 19.6. The molecule has 1 aliphatic rings. The van der Waals surface area contributed by atoms with Gasteiger partial charge in [0.2, 0.25) is 5.91 Å². The van der Waals surface area contributed by atoms with Crippen molar-refractivity contribution in [2.75, 3.05) is 32.7 Å². The second-order valence-electron chi connectivity index (χ2n) is 7.24. The standard InChI is InChI=1S/C21H27N3O2S/c1-16(2)20(18-9-6-14-27-18)22-19(25)15-23-10-12-24(13-11-23)21(26)17-7-4-3-5-8-17/h3-9,14,16,20H,10-13,15H2,1-2H3,(H,22,25). The smallest absolute Gasteiger partial charge is 0.253 e. The minimum Gasteiger partial charge on any atom is -0.347 e. The fourth-order valence-corrected chi connectivity index (χ4v) is 4.28. The molecule has 144 valence electrons. The SMILES string of the molecule is CC(C)C(NC(=O)CN1CCN(C(=O)c2ccccc2)CC1)c1cccs1. The third-order valence-corrected chi connectivity index (χ3v) is 5.84. The molecule has 0 spiro atoms. The number of piperazine rings is 1. The van der Waals surface area contributed by atoms with Crippen LogP contribution in [0.15, 0.2) is 47.8 Å². The number of benzene rings is 1. The maximum Gasteiger partial charge on any atom is 0.253 e. The van der Waals surface area contributed by atoms with Gasteiger partial charge in [0.1, 0.15) is 0 Å². The van der Waals surface area contributed by atoms with Crippen LogP contribution in [0.25, 0.3) is 0 Å². The molecule has 5 nitrogen and oxygen atoms in total. The Kier molecular flexibility index (Phi) is 6.63. The molecule has 1 N–H and O–H groups in total. The molecule has 0 bridgehead atoms. The maximum absolute atomic E-state index is 12.5. The molecule has 6 heteroatoms. The van der Waals surface area contributed by atoms with E-state index >= 15 is 0 Å². The first-order valence-electron chi connectivity index (χ1n) is 9.44. The van der Waals surface area contributed by atoms with Crippen LogP contribution in [-0.4, -0.2) is 54.3 Å². The molecule has 2 amide bonds. The van der Waals surface area contributed by atoms with Crippen molar-refractivity contribution in [1.82, 2.24) is 15.1 Å². The summed E-state index contributed by atoms with van der Waals surface area (Å²) in [6.07, 6.45) is 0. The fraction of sp³-hybridized carbons (Fsp3) is 0.429. The van der Waals surface area contributed by atoms with Gasteiger partial charge in [0.25, 0.3) is 5.91 Å². The van der Waals surface area contributed by atoms with Crippen LogP contribution in [0.5, 0.6) is 0 Å². The lowest BCUT2D eigenvalue weighted by Gasteiger charge is -2.34. The van der Waals surface area contributed by atoms with Gasteiger partial charge in [-0.1, -0.05) is 38.1 Å². The van der Waals surface area contributed by atoms with Gasteiger partial charge < -0.3 is 10.2 Å². The molecular weight excluding hydrogens is 358 g/mol. The Balaban J connectivity index is 1.48. The van der Waals surface area contributed by atoms with Crippen molar-refractivity contribution in [3.63, 3.8) is 0 Å². The van der Waals surface area contributed by atoms with E-state index in [0.29, 0.717) is 25.6 Å². The lowest BCUT2D eigenvalue weighted by molar-refractivity contribution is -0.123. The third kappa shape index (κ3) is 5.17. The Bertz CT molecular complexity index is 738. The highest BCUT2D eigenvalue weighted by atomic mass is 32.1. The lowest BCUT2D eigenvalue weighted by Crippen LogP contribution is -2.51. The number of amides is 2. The van der Waals surface area contributed by atoms with E-state index in [1.807, 2.05) is 46.7 Å². The zero-order chi connectivity index (χ0) is 19.2. The van der Waals surface area contributed by atoms with Crippen LogP contribution in [0.3, 0.4) is 0 Å². The predicted octanol–water partition coefficient (Wildman–Crippen LogP) is 3.02. The molecule has 1 unspecified atom stereocenters. The zero-order valence-electron chi connectivity index (χ0n) is 15.9. The van der Waals surface area contributed by atoms with Gasteiger partial charge in [0.15, 0.2) is 0 Å². The molecule has 2 aromatic rings. The molecule has 1 aromatic carbocycles. The van der Waals surface area contributed by atoms with E-state index < -0.39 is 0 Å². The Morgan fingerprint density at radius 1 is 1.04 bits per heavy atom. The second-order valence-corrected chi connectivity index (χ2v) is 8.22. The summed E-state index contributed by atoms with van der Waals surface area (Å²) in [4.78, 5) is 30.2. The maximum atomic E-state index is 12.5. The topological polar surface area (TPSA) is 52.7 Å². The number of hydrogen-bond acceptors (Lipinski definition) is 4. The molecule has 3 rings (SSSR count). The van der Waals surface area contributed by atoms with Gasteiger partial charge in [0, 0.05) is 36.6 Å². The highest BCUT2D eigenvalue weighted by Gasteiger charge is 2.25. The van der Waals surface area contributed by atoms with E-state index in [4.69, 9.17) is 0 Å². The first-order valence-corrected chi connectivity index (χ1v) is 10.3. The largest absolute Gasteiger partial charge is 0.347 e. The Morgan fingerprint density at radius 3 is 2.33 bits per heavy atom. The van der Waals surface area contributed by atoms with E-state index in [2.05, 4.69) is 30.1 Å². The van der Waals surface area contributed by atoms with Gasteiger partial charge in [-0.15, -0.1) is 11.3 Å². The van der Waals surface area contributed by atoms with Crippen LogP contribution in [0.1, 0.15) is 35.1 Å². The highest BCUT2D eigenvalue weighted by Crippen LogP contribution is 2.25. The molecule has 0 saturated carbocycles. The minimum absolute atomic E-state index is 0.0462. The van der Waals surface area contributed by atoms with Crippen molar-refractivity contribution in [1.29, 1.82) is 0 Å². The Labute approximate surface area is 165 Å². The molecule has 27 heavy (non-hydrogen) atoms. The van der Waals surface area contributed by atoms with E-state index in [1.54, 1.807) is 11.3 Å². The molecule has 1 saturated heterocycles. The van der Waals surface area contributed by atoms with Gasteiger partial charge in [-0.05, 0) is 29.5 Å². The van der Waals surface area contributed by atoms with Crippen LogP contribution in [0.4, 0.5) is 0 Å². The molecule has 0 radical (unpaired) electrons. The van der Waals surface area contributed by atoms with E-state index in [-0.39, 0.29) is 17.9 Å². The molecule has 2 heterocycles.